The Labute approximate surface area is 173 Å². The number of thiocarbonyl (C=S) groups is 1. The molecule has 0 N–H and O–H groups in total. The maximum atomic E-state index is 12.7. The van der Waals surface area contributed by atoms with Crippen LogP contribution < -0.4 is 4.74 Å². The van der Waals surface area contributed by atoms with Crippen LogP contribution in [0.2, 0.25) is 0 Å². The van der Waals surface area contributed by atoms with Crippen molar-refractivity contribution >= 4 is 46.3 Å². The number of carbonyl (C=O) groups excluding carboxylic acids is 2. The van der Waals surface area contributed by atoms with Gasteiger partial charge in [0, 0.05) is 12.1 Å². The predicted octanol–water partition coefficient (Wildman–Crippen LogP) is 4.03. The average molecular weight is 414 g/mol. The molecule has 0 aliphatic carbocycles. The lowest BCUT2D eigenvalue weighted by molar-refractivity contribution is -0.140. The standard InChI is InChI=1S/C21H19NO4S2/c1-25-19(23)11-12-22-20(24)18(28-21(22)27)13-16-9-5-6-10-17(16)26-14-15-7-3-2-4-8-15/h2-10,13H,11-12,14H2,1H3/b18-13-. The lowest BCUT2D eigenvalue weighted by Gasteiger charge is -2.13. The molecule has 28 heavy (non-hydrogen) atoms. The van der Waals surface area contributed by atoms with Gasteiger partial charge >= 0.3 is 5.97 Å². The number of benzene rings is 2. The van der Waals surface area contributed by atoms with Gasteiger partial charge in [0.1, 0.15) is 16.7 Å². The van der Waals surface area contributed by atoms with E-state index in [1.165, 1.54) is 23.8 Å². The van der Waals surface area contributed by atoms with E-state index in [0.717, 1.165) is 11.1 Å². The summed E-state index contributed by atoms with van der Waals surface area (Å²) in [7, 11) is 1.32. The number of hydrogen-bond acceptors (Lipinski definition) is 6. The molecule has 0 bridgehead atoms. The Morgan fingerprint density at radius 3 is 2.61 bits per heavy atom. The fourth-order valence-corrected chi connectivity index (χ4v) is 3.91. The highest BCUT2D eigenvalue weighted by Crippen LogP contribution is 2.34. The van der Waals surface area contributed by atoms with Crippen molar-refractivity contribution in [3.05, 3.63) is 70.6 Å². The minimum absolute atomic E-state index is 0.104. The Morgan fingerprint density at radius 1 is 1.14 bits per heavy atom. The van der Waals surface area contributed by atoms with E-state index in [1.54, 1.807) is 6.08 Å². The zero-order valence-electron chi connectivity index (χ0n) is 15.3. The topological polar surface area (TPSA) is 55.8 Å². The van der Waals surface area contributed by atoms with Crippen LogP contribution in [0.5, 0.6) is 5.75 Å². The largest absolute Gasteiger partial charge is 0.488 e. The highest BCUT2D eigenvalue weighted by molar-refractivity contribution is 8.26. The summed E-state index contributed by atoms with van der Waals surface area (Å²) in [6.45, 7) is 0.645. The van der Waals surface area contributed by atoms with Gasteiger partial charge in [0.15, 0.2) is 0 Å². The first kappa shape index (κ1) is 20.1. The highest BCUT2D eigenvalue weighted by atomic mass is 32.2. The van der Waals surface area contributed by atoms with Crippen molar-refractivity contribution in [3.63, 3.8) is 0 Å². The molecule has 1 fully saturated rings. The molecule has 3 rings (SSSR count). The zero-order valence-corrected chi connectivity index (χ0v) is 16.9. The number of esters is 1. The van der Waals surface area contributed by atoms with Crippen molar-refractivity contribution in [1.29, 1.82) is 0 Å². The molecule has 0 unspecified atom stereocenters. The normalized spacial score (nSPS) is 15.2. The molecular weight excluding hydrogens is 394 g/mol. The molecule has 1 heterocycles. The van der Waals surface area contributed by atoms with Gasteiger partial charge in [-0.25, -0.2) is 0 Å². The fourth-order valence-electron chi connectivity index (χ4n) is 2.61. The zero-order chi connectivity index (χ0) is 19.9. The first-order valence-corrected chi connectivity index (χ1v) is 9.89. The van der Waals surface area contributed by atoms with E-state index in [-0.39, 0.29) is 24.8 Å². The van der Waals surface area contributed by atoms with Crippen molar-refractivity contribution in [2.24, 2.45) is 0 Å². The van der Waals surface area contributed by atoms with E-state index in [1.807, 2.05) is 54.6 Å². The summed E-state index contributed by atoms with van der Waals surface area (Å²) >= 11 is 6.51. The van der Waals surface area contributed by atoms with Crippen LogP contribution in [0.4, 0.5) is 0 Å². The molecule has 1 aliphatic rings. The van der Waals surface area contributed by atoms with Crippen molar-refractivity contribution in [2.75, 3.05) is 13.7 Å². The molecule has 0 atom stereocenters. The van der Waals surface area contributed by atoms with Crippen molar-refractivity contribution < 1.29 is 19.1 Å². The maximum absolute atomic E-state index is 12.7. The van der Waals surface area contributed by atoms with Crippen molar-refractivity contribution in [2.45, 2.75) is 13.0 Å². The van der Waals surface area contributed by atoms with Gasteiger partial charge in [-0.2, -0.15) is 0 Å². The molecular formula is C21H19NO4S2. The molecule has 1 saturated heterocycles. The minimum atomic E-state index is -0.377. The molecule has 0 aromatic heterocycles. The van der Waals surface area contributed by atoms with Crippen LogP contribution in [0.3, 0.4) is 0 Å². The molecule has 144 valence electrons. The first-order valence-electron chi connectivity index (χ1n) is 8.66. The lowest BCUT2D eigenvalue weighted by atomic mass is 10.1. The van der Waals surface area contributed by atoms with Gasteiger partial charge in [-0.15, -0.1) is 0 Å². The third-order valence-electron chi connectivity index (χ3n) is 4.08. The summed E-state index contributed by atoms with van der Waals surface area (Å²) < 4.78 is 11.0. The van der Waals surface area contributed by atoms with Crippen LogP contribution in [-0.4, -0.2) is 34.8 Å². The molecule has 7 heteroatoms. The quantitative estimate of drug-likeness (QED) is 0.388. The van der Waals surface area contributed by atoms with Crippen molar-refractivity contribution in [1.82, 2.24) is 4.90 Å². The number of ether oxygens (including phenoxy) is 2. The van der Waals surface area contributed by atoms with Crippen LogP contribution in [0, 0.1) is 0 Å². The Hall–Kier alpha value is -2.64. The number of hydrogen-bond donors (Lipinski definition) is 0. The van der Waals surface area contributed by atoms with Gasteiger partial charge in [0.05, 0.1) is 18.4 Å². The Morgan fingerprint density at radius 2 is 1.86 bits per heavy atom. The number of nitrogens with zero attached hydrogens (tertiary/aromatic N) is 1. The second-order valence-corrected chi connectivity index (χ2v) is 7.65. The summed E-state index contributed by atoms with van der Waals surface area (Å²) in [5.41, 5.74) is 1.86. The van der Waals surface area contributed by atoms with Crippen LogP contribution >= 0.6 is 24.0 Å². The van der Waals surface area contributed by atoms with Gasteiger partial charge in [0.25, 0.3) is 5.91 Å². The minimum Gasteiger partial charge on any atom is -0.488 e. The van der Waals surface area contributed by atoms with Crippen LogP contribution in [0.15, 0.2) is 59.5 Å². The number of rotatable bonds is 7. The molecule has 0 saturated carbocycles. The number of methoxy groups -OCH3 is 1. The summed E-state index contributed by atoms with van der Waals surface area (Å²) in [5, 5.41) is 0. The van der Waals surface area contributed by atoms with Gasteiger partial charge in [-0.1, -0.05) is 72.5 Å². The molecule has 2 aromatic rings. The van der Waals surface area contributed by atoms with Gasteiger partial charge in [0.2, 0.25) is 0 Å². The third kappa shape index (κ3) is 4.99. The third-order valence-corrected chi connectivity index (χ3v) is 5.46. The second-order valence-electron chi connectivity index (χ2n) is 5.97. The molecule has 1 amide bonds. The molecule has 1 aliphatic heterocycles. The maximum Gasteiger partial charge on any atom is 0.307 e. The first-order chi connectivity index (χ1) is 13.6. The van der Waals surface area contributed by atoms with E-state index in [2.05, 4.69) is 4.74 Å². The monoisotopic (exact) mass is 413 g/mol. The van der Waals surface area contributed by atoms with E-state index in [0.29, 0.717) is 21.6 Å². The number of para-hydroxylation sites is 1. The van der Waals surface area contributed by atoms with Crippen LogP contribution in [0.1, 0.15) is 17.5 Å². The molecule has 0 spiro atoms. The molecule has 2 aromatic carbocycles. The predicted molar refractivity (Wildman–Crippen MR) is 114 cm³/mol. The van der Waals surface area contributed by atoms with Crippen LogP contribution in [0.25, 0.3) is 6.08 Å². The Bertz CT molecular complexity index is 912. The number of carbonyl (C=O) groups is 2. The highest BCUT2D eigenvalue weighted by Gasteiger charge is 2.32. The number of amides is 1. The molecule has 0 radical (unpaired) electrons. The SMILES string of the molecule is COC(=O)CCN1C(=O)/C(=C/c2ccccc2OCc2ccccc2)SC1=S. The summed E-state index contributed by atoms with van der Waals surface area (Å²) in [6, 6.07) is 17.4. The van der Waals surface area contributed by atoms with E-state index < -0.39 is 0 Å². The smallest absolute Gasteiger partial charge is 0.307 e. The van der Waals surface area contributed by atoms with E-state index in [9.17, 15) is 9.59 Å². The molecule has 5 nitrogen and oxygen atoms in total. The van der Waals surface area contributed by atoms with Crippen LogP contribution in [-0.2, 0) is 20.9 Å². The lowest BCUT2D eigenvalue weighted by Crippen LogP contribution is -2.30. The average Bonchev–Trinajstić information content (AvgIpc) is 2.99. The second kappa shape index (κ2) is 9.52. The van der Waals surface area contributed by atoms with Gasteiger partial charge in [-0.3, -0.25) is 14.5 Å². The van der Waals surface area contributed by atoms with Gasteiger partial charge in [-0.05, 0) is 17.7 Å². The van der Waals surface area contributed by atoms with Gasteiger partial charge < -0.3 is 9.47 Å². The van der Waals surface area contributed by atoms with E-state index >= 15 is 0 Å². The summed E-state index contributed by atoms with van der Waals surface area (Å²) in [6.07, 6.45) is 1.88. The Balaban J connectivity index is 1.73. The fraction of sp³-hybridized carbons (Fsp3) is 0.190. The summed E-state index contributed by atoms with van der Waals surface area (Å²) in [5.74, 6) is 0.0978. The summed E-state index contributed by atoms with van der Waals surface area (Å²) in [4.78, 5) is 25.9. The number of thioether (sulfide) groups is 1. The Kier molecular flexibility index (Phi) is 6.84. The van der Waals surface area contributed by atoms with E-state index in [4.69, 9.17) is 17.0 Å². The van der Waals surface area contributed by atoms with Crippen molar-refractivity contribution in [3.8, 4) is 5.75 Å².